The number of nitro benzene ring substituents is 1. The van der Waals surface area contributed by atoms with Crippen LogP contribution in [0.2, 0.25) is 0 Å². The summed E-state index contributed by atoms with van der Waals surface area (Å²) in [7, 11) is 0. The Morgan fingerprint density at radius 2 is 2.24 bits per heavy atom. The largest absolute Gasteiger partial charge is 0.385 e. The van der Waals surface area contributed by atoms with Gasteiger partial charge in [0, 0.05) is 29.1 Å². The summed E-state index contributed by atoms with van der Waals surface area (Å²) in [5.41, 5.74) is 1.68. The third-order valence-electron chi connectivity index (χ3n) is 2.69. The van der Waals surface area contributed by atoms with Gasteiger partial charge in [-0.3, -0.25) is 10.1 Å². The zero-order valence-corrected chi connectivity index (χ0v) is 11.2. The van der Waals surface area contributed by atoms with Crippen molar-refractivity contribution < 1.29 is 4.92 Å². The van der Waals surface area contributed by atoms with Crippen LogP contribution in [0.5, 0.6) is 0 Å². The van der Waals surface area contributed by atoms with E-state index in [2.05, 4.69) is 18.5 Å². The minimum absolute atomic E-state index is 0.174. The third-order valence-corrected chi connectivity index (χ3v) is 3.73. The standard InChI is InChI=1S/C12H18N2O2S/c1-9-4-5-11(8-12(9)14(15)16)13-7-6-10(2)17-3/h4-5,8,10,13H,6-7H2,1-3H3. The summed E-state index contributed by atoms with van der Waals surface area (Å²) >= 11 is 1.82. The Morgan fingerprint density at radius 3 is 2.82 bits per heavy atom. The summed E-state index contributed by atoms with van der Waals surface area (Å²) in [6.45, 7) is 4.75. The Bertz CT molecular complexity index is 396. The molecule has 1 aromatic carbocycles. The van der Waals surface area contributed by atoms with Gasteiger partial charge in [0.1, 0.15) is 0 Å². The number of nitro groups is 1. The quantitative estimate of drug-likeness (QED) is 0.624. The molecule has 0 saturated carbocycles. The Morgan fingerprint density at radius 1 is 1.53 bits per heavy atom. The molecular formula is C12H18N2O2S. The molecule has 0 aliphatic rings. The highest BCUT2D eigenvalue weighted by Crippen LogP contribution is 2.22. The number of rotatable bonds is 6. The molecule has 1 N–H and O–H groups in total. The zero-order valence-electron chi connectivity index (χ0n) is 10.4. The zero-order chi connectivity index (χ0) is 12.8. The van der Waals surface area contributed by atoms with Gasteiger partial charge in [0.15, 0.2) is 0 Å². The molecule has 5 heteroatoms. The van der Waals surface area contributed by atoms with Crippen LogP contribution in [0.15, 0.2) is 18.2 Å². The van der Waals surface area contributed by atoms with Gasteiger partial charge in [-0.25, -0.2) is 0 Å². The van der Waals surface area contributed by atoms with Gasteiger partial charge in [0.25, 0.3) is 5.69 Å². The maximum absolute atomic E-state index is 10.8. The number of benzene rings is 1. The average molecular weight is 254 g/mol. The Kier molecular flexibility index (Phi) is 5.28. The lowest BCUT2D eigenvalue weighted by Crippen LogP contribution is -2.08. The van der Waals surface area contributed by atoms with Crippen molar-refractivity contribution in [3.63, 3.8) is 0 Å². The third kappa shape index (κ3) is 4.26. The van der Waals surface area contributed by atoms with Gasteiger partial charge in [-0.2, -0.15) is 11.8 Å². The van der Waals surface area contributed by atoms with Crippen molar-refractivity contribution >= 4 is 23.1 Å². The molecule has 0 amide bonds. The molecule has 94 valence electrons. The highest BCUT2D eigenvalue weighted by atomic mass is 32.2. The van der Waals surface area contributed by atoms with Crippen LogP contribution in [-0.4, -0.2) is 23.0 Å². The molecule has 1 aromatic rings. The molecule has 0 heterocycles. The summed E-state index contributed by atoms with van der Waals surface area (Å²) in [4.78, 5) is 10.4. The van der Waals surface area contributed by atoms with Crippen molar-refractivity contribution in [3.8, 4) is 0 Å². The summed E-state index contributed by atoms with van der Waals surface area (Å²) < 4.78 is 0. The molecule has 4 nitrogen and oxygen atoms in total. The van der Waals surface area contributed by atoms with Crippen molar-refractivity contribution in [2.24, 2.45) is 0 Å². The second-order valence-corrected chi connectivity index (χ2v) is 5.30. The molecule has 1 rings (SSSR count). The SMILES string of the molecule is CSC(C)CCNc1ccc(C)c([N+](=O)[O-])c1. The first-order chi connectivity index (χ1) is 8.04. The molecular weight excluding hydrogens is 236 g/mol. The normalized spacial score (nSPS) is 12.2. The lowest BCUT2D eigenvalue weighted by molar-refractivity contribution is -0.385. The van der Waals surface area contributed by atoms with E-state index in [1.165, 1.54) is 0 Å². The van der Waals surface area contributed by atoms with Crippen LogP contribution >= 0.6 is 11.8 Å². The van der Waals surface area contributed by atoms with E-state index >= 15 is 0 Å². The van der Waals surface area contributed by atoms with E-state index in [9.17, 15) is 10.1 Å². The van der Waals surface area contributed by atoms with Gasteiger partial charge in [-0.05, 0) is 25.7 Å². The topological polar surface area (TPSA) is 55.2 Å². The van der Waals surface area contributed by atoms with Gasteiger partial charge in [-0.15, -0.1) is 0 Å². The fraction of sp³-hybridized carbons (Fsp3) is 0.500. The van der Waals surface area contributed by atoms with E-state index in [4.69, 9.17) is 0 Å². The van der Waals surface area contributed by atoms with Crippen molar-refractivity contribution in [2.75, 3.05) is 18.1 Å². The monoisotopic (exact) mass is 254 g/mol. The van der Waals surface area contributed by atoms with Crippen molar-refractivity contribution in [1.29, 1.82) is 0 Å². The first-order valence-corrected chi connectivity index (χ1v) is 6.85. The summed E-state index contributed by atoms with van der Waals surface area (Å²) in [6.07, 6.45) is 3.13. The van der Waals surface area contributed by atoms with Crippen molar-refractivity contribution in [3.05, 3.63) is 33.9 Å². The van der Waals surface area contributed by atoms with Crippen molar-refractivity contribution in [2.45, 2.75) is 25.5 Å². The Labute approximate surface area is 106 Å². The first-order valence-electron chi connectivity index (χ1n) is 5.56. The highest BCUT2D eigenvalue weighted by Gasteiger charge is 2.10. The number of thioether (sulfide) groups is 1. The number of nitrogens with one attached hydrogen (secondary N) is 1. The molecule has 0 aliphatic carbocycles. The van der Waals surface area contributed by atoms with Crippen LogP contribution in [0.25, 0.3) is 0 Å². The number of hydrogen-bond acceptors (Lipinski definition) is 4. The van der Waals surface area contributed by atoms with Gasteiger partial charge in [-0.1, -0.05) is 13.0 Å². The van der Waals surface area contributed by atoms with Crippen molar-refractivity contribution in [1.82, 2.24) is 0 Å². The lowest BCUT2D eigenvalue weighted by atomic mass is 10.2. The molecule has 0 radical (unpaired) electrons. The average Bonchev–Trinajstić information content (AvgIpc) is 2.30. The number of nitrogens with zero attached hydrogens (tertiary/aromatic N) is 1. The Hall–Kier alpha value is -1.23. The van der Waals surface area contributed by atoms with E-state index in [1.807, 2.05) is 17.8 Å². The summed E-state index contributed by atoms with van der Waals surface area (Å²) in [5, 5.41) is 14.6. The van der Waals surface area contributed by atoms with E-state index in [1.54, 1.807) is 19.1 Å². The molecule has 1 atom stereocenters. The molecule has 1 unspecified atom stereocenters. The fourth-order valence-electron chi connectivity index (χ4n) is 1.45. The molecule has 0 fully saturated rings. The second kappa shape index (κ2) is 6.49. The molecule has 17 heavy (non-hydrogen) atoms. The maximum Gasteiger partial charge on any atom is 0.274 e. The van der Waals surface area contributed by atoms with Crippen LogP contribution in [0.3, 0.4) is 0 Å². The summed E-state index contributed by atoms with van der Waals surface area (Å²) in [6, 6.07) is 5.25. The molecule has 0 saturated heterocycles. The molecule has 0 aromatic heterocycles. The predicted octanol–water partition coefficient (Wildman–Crippen LogP) is 3.46. The second-order valence-electron chi connectivity index (χ2n) is 4.02. The van der Waals surface area contributed by atoms with Crippen LogP contribution in [0.4, 0.5) is 11.4 Å². The van der Waals surface area contributed by atoms with E-state index in [0.29, 0.717) is 10.8 Å². The smallest absolute Gasteiger partial charge is 0.274 e. The lowest BCUT2D eigenvalue weighted by Gasteiger charge is -2.10. The molecule has 0 bridgehead atoms. The summed E-state index contributed by atoms with van der Waals surface area (Å²) in [5.74, 6) is 0. The van der Waals surface area contributed by atoms with Gasteiger partial charge in [0.2, 0.25) is 0 Å². The highest BCUT2D eigenvalue weighted by molar-refractivity contribution is 7.99. The fourth-order valence-corrected chi connectivity index (χ4v) is 1.81. The van der Waals surface area contributed by atoms with Gasteiger partial charge < -0.3 is 5.32 Å². The van der Waals surface area contributed by atoms with Gasteiger partial charge >= 0.3 is 0 Å². The maximum atomic E-state index is 10.8. The number of hydrogen-bond donors (Lipinski definition) is 1. The van der Waals surface area contributed by atoms with E-state index in [0.717, 1.165) is 18.7 Å². The van der Waals surface area contributed by atoms with E-state index in [-0.39, 0.29) is 10.6 Å². The number of aryl methyl sites for hydroxylation is 1. The predicted molar refractivity (Wildman–Crippen MR) is 73.9 cm³/mol. The Balaban J connectivity index is 2.60. The minimum atomic E-state index is -0.342. The van der Waals surface area contributed by atoms with Gasteiger partial charge in [0.05, 0.1) is 4.92 Å². The van der Waals surface area contributed by atoms with Crippen LogP contribution < -0.4 is 5.32 Å². The number of anilines is 1. The molecule has 0 spiro atoms. The first kappa shape index (κ1) is 13.8. The minimum Gasteiger partial charge on any atom is -0.385 e. The molecule has 0 aliphatic heterocycles. The van der Waals surface area contributed by atoms with E-state index < -0.39 is 0 Å². The van der Waals surface area contributed by atoms with Crippen LogP contribution in [-0.2, 0) is 0 Å². The van der Waals surface area contributed by atoms with Crippen LogP contribution in [0, 0.1) is 17.0 Å². The van der Waals surface area contributed by atoms with Crippen LogP contribution in [0.1, 0.15) is 18.9 Å².